The molecule has 0 N–H and O–H groups in total. The van der Waals surface area contributed by atoms with E-state index in [0.29, 0.717) is 13.0 Å². The molecular formula is C16H21IO3S. The monoisotopic (exact) mass is 420 g/mol. The van der Waals surface area contributed by atoms with Crippen molar-refractivity contribution in [1.82, 2.24) is 0 Å². The molecule has 3 nitrogen and oxygen atoms in total. The molecule has 0 amide bonds. The fourth-order valence-electron chi connectivity index (χ4n) is 1.66. The van der Waals surface area contributed by atoms with Crippen LogP contribution < -0.4 is 0 Å². The highest BCUT2D eigenvalue weighted by Crippen LogP contribution is 2.18. The Labute approximate surface area is 144 Å². The average molecular weight is 420 g/mol. The van der Waals surface area contributed by atoms with Gasteiger partial charge in [-0.2, -0.15) is 0 Å². The van der Waals surface area contributed by atoms with Crippen molar-refractivity contribution < 1.29 is 14.3 Å². The minimum Gasteiger partial charge on any atom is -0.454 e. The van der Waals surface area contributed by atoms with Crippen molar-refractivity contribution >= 4 is 39.9 Å². The molecular weight excluding hydrogens is 399 g/mol. The number of hydrogen-bond donors (Lipinski definition) is 0. The minimum atomic E-state index is -0.380. The van der Waals surface area contributed by atoms with Crippen LogP contribution in [0, 0.1) is 2.88 Å². The van der Waals surface area contributed by atoms with Gasteiger partial charge < -0.3 is 9.47 Å². The quantitative estimate of drug-likeness (QED) is 0.225. The van der Waals surface area contributed by atoms with Crippen LogP contribution in [0.5, 0.6) is 0 Å². The third-order valence-electron chi connectivity index (χ3n) is 2.77. The Bertz CT molecular complexity index is 448. The summed E-state index contributed by atoms with van der Waals surface area (Å²) in [6, 6.07) is 4.19. The predicted octanol–water partition coefficient (Wildman–Crippen LogP) is 4.71. The molecule has 0 saturated carbocycles. The molecule has 0 spiro atoms. The maximum Gasteiger partial charge on any atom is 0.306 e. The minimum absolute atomic E-state index is 0.200. The van der Waals surface area contributed by atoms with Gasteiger partial charge >= 0.3 is 5.97 Å². The molecule has 5 heteroatoms. The van der Waals surface area contributed by atoms with E-state index in [1.165, 1.54) is 7.76 Å². The third kappa shape index (κ3) is 8.38. The molecule has 0 aliphatic heterocycles. The Hall–Kier alpha value is -0.660. The summed E-state index contributed by atoms with van der Waals surface area (Å²) >= 11 is 4.06. The van der Waals surface area contributed by atoms with Gasteiger partial charge in [-0.05, 0) is 59.7 Å². The summed E-state index contributed by atoms with van der Waals surface area (Å²) in [7, 11) is 0. The van der Waals surface area contributed by atoms with E-state index in [-0.39, 0.29) is 12.1 Å². The van der Waals surface area contributed by atoms with E-state index in [1.54, 1.807) is 23.5 Å². The van der Waals surface area contributed by atoms with Gasteiger partial charge in [0, 0.05) is 17.9 Å². The number of carbonyl (C=O) groups excluding carboxylic acids is 1. The van der Waals surface area contributed by atoms with Gasteiger partial charge in [0.2, 0.25) is 0 Å². The van der Waals surface area contributed by atoms with Crippen LogP contribution in [-0.4, -0.2) is 18.7 Å². The summed E-state index contributed by atoms with van der Waals surface area (Å²) in [6.07, 6.45) is 5.91. The Morgan fingerprint density at radius 3 is 2.67 bits per heavy atom. The zero-order chi connectivity index (χ0) is 15.5. The summed E-state index contributed by atoms with van der Waals surface area (Å²) in [5.74, 6) is -0.200. The van der Waals surface area contributed by atoms with Crippen LogP contribution in [0.15, 0.2) is 37.4 Å². The van der Waals surface area contributed by atoms with Crippen LogP contribution in [0.1, 0.15) is 30.6 Å². The van der Waals surface area contributed by atoms with Gasteiger partial charge in [-0.1, -0.05) is 19.6 Å². The maximum absolute atomic E-state index is 11.5. The number of thiophene rings is 1. The van der Waals surface area contributed by atoms with E-state index < -0.39 is 0 Å². The van der Waals surface area contributed by atoms with E-state index in [0.717, 1.165) is 25.9 Å². The van der Waals surface area contributed by atoms with Crippen LogP contribution >= 0.6 is 33.9 Å². The first-order valence-electron chi connectivity index (χ1n) is 6.92. The summed E-state index contributed by atoms with van der Waals surface area (Å²) in [4.78, 5) is 12.8. The Morgan fingerprint density at radius 2 is 2.05 bits per heavy atom. The van der Waals surface area contributed by atoms with E-state index in [1.807, 2.05) is 0 Å². The molecule has 0 unspecified atom stereocenters. The van der Waals surface area contributed by atoms with Gasteiger partial charge in [-0.25, -0.2) is 0 Å². The molecule has 116 valence electrons. The maximum atomic E-state index is 11.5. The lowest BCUT2D eigenvalue weighted by Crippen LogP contribution is -2.13. The Balaban J connectivity index is 1.98. The number of esters is 1. The van der Waals surface area contributed by atoms with Gasteiger partial charge in [0.15, 0.2) is 0 Å². The predicted molar refractivity (Wildman–Crippen MR) is 95.4 cm³/mol. The molecule has 1 aromatic heterocycles. The first-order valence-corrected chi connectivity index (χ1v) is 8.81. The van der Waals surface area contributed by atoms with Gasteiger partial charge in [-0.15, -0.1) is 11.3 Å². The third-order valence-corrected chi connectivity index (χ3v) is 4.64. The molecule has 0 radical (unpaired) electrons. The summed E-state index contributed by atoms with van der Waals surface area (Å²) in [5, 5.41) is 0. The van der Waals surface area contributed by atoms with Gasteiger partial charge in [0.05, 0.1) is 9.49 Å². The summed E-state index contributed by atoms with van der Waals surface area (Å²) in [6.45, 7) is 8.56. The zero-order valence-electron chi connectivity index (χ0n) is 12.1. The van der Waals surface area contributed by atoms with E-state index in [4.69, 9.17) is 9.47 Å². The summed E-state index contributed by atoms with van der Waals surface area (Å²) < 4.78 is 12.0. The second-order valence-corrected chi connectivity index (χ2v) is 7.56. The summed E-state index contributed by atoms with van der Waals surface area (Å²) in [5.41, 5.74) is 0. The largest absolute Gasteiger partial charge is 0.454 e. The van der Waals surface area contributed by atoms with Gasteiger partial charge in [0.25, 0.3) is 0 Å². The topological polar surface area (TPSA) is 35.5 Å². The molecule has 0 aliphatic rings. The molecule has 0 saturated heterocycles. The number of unbranched alkanes of at least 4 members (excludes halogenated alkanes) is 2. The van der Waals surface area contributed by atoms with E-state index >= 15 is 0 Å². The standard InChI is InChI=1S/C16H21IO3S/c1-3-13(4-2)20-16(18)8-6-5-7-11-19-12-14-9-10-15(17)21-14/h3-4,9-10,13H,1-2,5-8,11-12H2. The zero-order valence-corrected chi connectivity index (χ0v) is 15.0. The van der Waals surface area contributed by atoms with Crippen LogP contribution in [-0.2, 0) is 20.9 Å². The Morgan fingerprint density at radius 1 is 1.29 bits per heavy atom. The highest BCUT2D eigenvalue weighted by molar-refractivity contribution is 14.1. The molecule has 0 aliphatic carbocycles. The van der Waals surface area contributed by atoms with Crippen molar-refractivity contribution in [2.24, 2.45) is 0 Å². The molecule has 0 fully saturated rings. The fraction of sp³-hybridized carbons (Fsp3) is 0.438. The fourth-order valence-corrected chi connectivity index (χ4v) is 3.35. The van der Waals surface area contributed by atoms with Crippen LogP contribution in [0.3, 0.4) is 0 Å². The molecule has 0 bridgehead atoms. The average Bonchev–Trinajstić information content (AvgIpc) is 2.89. The lowest BCUT2D eigenvalue weighted by molar-refractivity contribution is -0.145. The first kappa shape index (κ1) is 18.4. The number of ether oxygens (including phenoxy) is 2. The highest BCUT2D eigenvalue weighted by atomic mass is 127. The number of rotatable bonds is 11. The van der Waals surface area contributed by atoms with Crippen LogP contribution in [0.2, 0.25) is 0 Å². The smallest absolute Gasteiger partial charge is 0.306 e. The molecule has 1 heterocycles. The first-order chi connectivity index (χ1) is 10.2. The second-order valence-electron chi connectivity index (χ2n) is 4.49. The van der Waals surface area contributed by atoms with Crippen molar-refractivity contribution in [3.63, 3.8) is 0 Å². The van der Waals surface area contributed by atoms with Crippen LogP contribution in [0.4, 0.5) is 0 Å². The highest BCUT2D eigenvalue weighted by Gasteiger charge is 2.07. The molecule has 0 aromatic carbocycles. The van der Waals surface area contributed by atoms with E-state index in [9.17, 15) is 4.79 Å². The molecule has 21 heavy (non-hydrogen) atoms. The number of carbonyl (C=O) groups is 1. The number of halogens is 1. The molecule has 0 atom stereocenters. The van der Waals surface area contributed by atoms with Crippen LogP contribution in [0.25, 0.3) is 0 Å². The SMILES string of the molecule is C=CC(C=C)OC(=O)CCCCCOCc1ccc(I)s1. The van der Waals surface area contributed by atoms with Gasteiger partial charge in [0.1, 0.15) is 6.10 Å². The van der Waals surface area contributed by atoms with Crippen molar-refractivity contribution in [2.75, 3.05) is 6.61 Å². The lowest BCUT2D eigenvalue weighted by Gasteiger charge is -2.09. The van der Waals surface area contributed by atoms with Crippen molar-refractivity contribution in [3.8, 4) is 0 Å². The number of hydrogen-bond acceptors (Lipinski definition) is 4. The second kappa shape index (κ2) is 11.0. The normalized spacial score (nSPS) is 10.6. The van der Waals surface area contributed by atoms with E-state index in [2.05, 4.69) is 47.9 Å². The van der Waals surface area contributed by atoms with Gasteiger partial charge in [-0.3, -0.25) is 4.79 Å². The molecule has 1 aromatic rings. The Kier molecular flexibility index (Phi) is 9.62. The van der Waals surface area contributed by atoms with Crippen molar-refractivity contribution in [2.45, 2.75) is 38.4 Å². The lowest BCUT2D eigenvalue weighted by atomic mass is 10.2. The van der Waals surface area contributed by atoms with Crippen molar-refractivity contribution in [3.05, 3.63) is 45.2 Å². The molecule has 1 rings (SSSR count). The van der Waals surface area contributed by atoms with Crippen molar-refractivity contribution in [1.29, 1.82) is 0 Å².